The monoisotopic (exact) mass is 536 g/mol. The molecule has 0 aromatic heterocycles. The maximum absolute atomic E-state index is 12.4. The molecule has 0 fully saturated rings. The lowest BCUT2D eigenvalue weighted by Gasteiger charge is -2.43. The summed E-state index contributed by atoms with van der Waals surface area (Å²) in [5, 5.41) is 2.69. The molecule has 0 amide bonds. The standard InChI is InChI=1S/C32H44O3SSi/c1-32(2,3)37(30-23-15-11-16-24-30,31-25-17-12-18-26-31)35-27-19-8-6-4-5-7-9-20-28-36(33,34)29-21-13-10-14-22-29/h10-18,21-26H,4-9,19-20,27-28H2,1-3H3. The first-order valence-electron chi connectivity index (χ1n) is 13.8. The Morgan fingerprint density at radius 2 is 1.00 bits per heavy atom. The second kappa shape index (κ2) is 14.1. The minimum absolute atomic E-state index is 0.0176. The zero-order valence-corrected chi connectivity index (χ0v) is 24.7. The maximum atomic E-state index is 12.4. The van der Waals surface area contributed by atoms with E-state index in [9.17, 15) is 8.42 Å². The quantitative estimate of drug-likeness (QED) is 0.153. The van der Waals surface area contributed by atoms with E-state index < -0.39 is 18.2 Å². The highest BCUT2D eigenvalue weighted by atomic mass is 32.2. The van der Waals surface area contributed by atoms with Crippen molar-refractivity contribution in [1.82, 2.24) is 0 Å². The van der Waals surface area contributed by atoms with Crippen LogP contribution in [0.25, 0.3) is 0 Å². The zero-order valence-electron chi connectivity index (χ0n) is 22.9. The Kier molecular flexibility index (Phi) is 11.2. The van der Waals surface area contributed by atoms with Crippen LogP contribution in [0.4, 0.5) is 0 Å². The molecule has 0 aliphatic carbocycles. The number of unbranched alkanes of at least 4 members (excludes halogenated alkanes) is 7. The Labute approximate surface area is 226 Å². The number of hydrogen-bond acceptors (Lipinski definition) is 3. The molecular formula is C32H44O3SSi. The summed E-state index contributed by atoms with van der Waals surface area (Å²) in [6.07, 6.45) is 8.62. The van der Waals surface area contributed by atoms with Gasteiger partial charge < -0.3 is 4.43 Å². The van der Waals surface area contributed by atoms with Gasteiger partial charge in [0, 0.05) is 6.61 Å². The van der Waals surface area contributed by atoms with Crippen LogP contribution in [0.15, 0.2) is 95.9 Å². The van der Waals surface area contributed by atoms with Gasteiger partial charge in [-0.25, -0.2) is 8.42 Å². The number of hydrogen-bond donors (Lipinski definition) is 0. The summed E-state index contributed by atoms with van der Waals surface area (Å²) in [6.45, 7) is 7.75. The van der Waals surface area contributed by atoms with E-state index >= 15 is 0 Å². The SMILES string of the molecule is CC(C)(C)[Si](OCCCCCCCCCCS(=O)(=O)c1ccccc1)(c1ccccc1)c1ccccc1. The van der Waals surface area contributed by atoms with Crippen molar-refractivity contribution in [3.63, 3.8) is 0 Å². The average molecular weight is 537 g/mol. The van der Waals surface area contributed by atoms with Gasteiger partial charge in [-0.1, -0.05) is 138 Å². The van der Waals surface area contributed by atoms with Crippen molar-refractivity contribution < 1.29 is 12.8 Å². The summed E-state index contributed by atoms with van der Waals surface area (Å²) in [5.74, 6) is 0.247. The summed E-state index contributed by atoms with van der Waals surface area (Å²) >= 11 is 0. The second-order valence-corrected chi connectivity index (χ2v) is 17.4. The van der Waals surface area contributed by atoms with Crippen LogP contribution in [0.1, 0.15) is 72.1 Å². The van der Waals surface area contributed by atoms with Gasteiger partial charge in [0.25, 0.3) is 8.32 Å². The third-order valence-electron chi connectivity index (χ3n) is 7.15. The summed E-state index contributed by atoms with van der Waals surface area (Å²) in [6, 6.07) is 30.5. The molecular weight excluding hydrogens is 493 g/mol. The molecule has 0 atom stereocenters. The fourth-order valence-corrected chi connectivity index (χ4v) is 11.2. The third kappa shape index (κ3) is 8.13. The Balaban J connectivity index is 1.41. The first kappa shape index (κ1) is 29.3. The molecule has 3 aromatic rings. The zero-order chi connectivity index (χ0) is 26.6. The van der Waals surface area contributed by atoms with E-state index in [1.807, 2.05) is 6.07 Å². The van der Waals surface area contributed by atoms with Crippen molar-refractivity contribution in [3.05, 3.63) is 91.0 Å². The van der Waals surface area contributed by atoms with Gasteiger partial charge >= 0.3 is 0 Å². The topological polar surface area (TPSA) is 43.4 Å². The van der Waals surface area contributed by atoms with Crippen LogP contribution < -0.4 is 10.4 Å². The smallest absolute Gasteiger partial charge is 0.261 e. The van der Waals surface area contributed by atoms with Gasteiger partial charge in [0.2, 0.25) is 0 Å². The highest BCUT2D eigenvalue weighted by Gasteiger charge is 2.49. The van der Waals surface area contributed by atoms with E-state index in [1.54, 1.807) is 24.3 Å². The van der Waals surface area contributed by atoms with E-state index in [1.165, 1.54) is 36.1 Å². The molecule has 0 saturated carbocycles. The fourth-order valence-electron chi connectivity index (χ4n) is 5.19. The number of rotatable bonds is 15. The van der Waals surface area contributed by atoms with Gasteiger partial charge in [0.1, 0.15) is 0 Å². The minimum atomic E-state index is -3.14. The van der Waals surface area contributed by atoms with Crippen molar-refractivity contribution in [1.29, 1.82) is 0 Å². The van der Waals surface area contributed by atoms with Crippen LogP contribution in [0, 0.1) is 0 Å². The van der Waals surface area contributed by atoms with Crippen LogP contribution in [0.3, 0.4) is 0 Å². The van der Waals surface area contributed by atoms with E-state index in [-0.39, 0.29) is 10.8 Å². The van der Waals surface area contributed by atoms with Crippen molar-refractivity contribution >= 4 is 28.5 Å². The molecule has 37 heavy (non-hydrogen) atoms. The summed E-state index contributed by atoms with van der Waals surface area (Å²) in [7, 11) is -5.57. The molecule has 3 rings (SSSR count). The Hall–Kier alpha value is -2.21. The molecule has 3 aromatic carbocycles. The summed E-state index contributed by atoms with van der Waals surface area (Å²) in [5.41, 5.74) is 0. The highest BCUT2D eigenvalue weighted by molar-refractivity contribution is 7.91. The largest absolute Gasteiger partial charge is 0.407 e. The molecule has 0 aliphatic rings. The van der Waals surface area contributed by atoms with Crippen LogP contribution in [-0.4, -0.2) is 29.1 Å². The van der Waals surface area contributed by atoms with Gasteiger partial charge in [0.05, 0.1) is 10.6 Å². The van der Waals surface area contributed by atoms with Gasteiger partial charge in [0.15, 0.2) is 9.84 Å². The van der Waals surface area contributed by atoms with Gasteiger partial charge in [-0.2, -0.15) is 0 Å². The maximum Gasteiger partial charge on any atom is 0.261 e. The molecule has 0 heterocycles. The molecule has 0 spiro atoms. The predicted molar refractivity (Wildman–Crippen MR) is 159 cm³/mol. The number of benzene rings is 3. The minimum Gasteiger partial charge on any atom is -0.407 e. The molecule has 0 radical (unpaired) electrons. The lowest BCUT2D eigenvalue weighted by atomic mass is 10.1. The molecule has 200 valence electrons. The predicted octanol–water partition coefficient (Wildman–Crippen LogP) is 7.16. The van der Waals surface area contributed by atoms with Gasteiger partial charge in [-0.3, -0.25) is 0 Å². The number of sulfone groups is 1. The molecule has 0 N–H and O–H groups in total. The van der Waals surface area contributed by atoms with Crippen LogP contribution >= 0.6 is 0 Å². The third-order valence-corrected chi connectivity index (χ3v) is 14.0. The molecule has 0 bridgehead atoms. The Morgan fingerprint density at radius 3 is 1.46 bits per heavy atom. The first-order chi connectivity index (χ1) is 17.8. The van der Waals surface area contributed by atoms with Crippen LogP contribution in [0.2, 0.25) is 5.04 Å². The highest BCUT2D eigenvalue weighted by Crippen LogP contribution is 2.36. The van der Waals surface area contributed by atoms with Crippen molar-refractivity contribution in [2.75, 3.05) is 12.4 Å². The molecule has 0 aliphatic heterocycles. The van der Waals surface area contributed by atoms with E-state index in [4.69, 9.17) is 4.43 Å². The van der Waals surface area contributed by atoms with Gasteiger partial charge in [-0.15, -0.1) is 0 Å². The normalized spacial score (nSPS) is 12.5. The Bertz CT molecular complexity index is 1100. The first-order valence-corrected chi connectivity index (χ1v) is 17.4. The fraction of sp³-hybridized carbons (Fsp3) is 0.438. The molecule has 0 unspecified atom stereocenters. The lowest BCUT2D eigenvalue weighted by molar-refractivity contribution is 0.286. The summed E-state index contributed by atoms with van der Waals surface area (Å²) in [4.78, 5) is 0.440. The lowest BCUT2D eigenvalue weighted by Crippen LogP contribution is -2.66. The Morgan fingerprint density at radius 1 is 0.595 bits per heavy atom. The van der Waals surface area contributed by atoms with Crippen LogP contribution in [0.5, 0.6) is 0 Å². The molecule has 3 nitrogen and oxygen atoms in total. The van der Waals surface area contributed by atoms with E-state index in [0.717, 1.165) is 32.3 Å². The second-order valence-electron chi connectivity index (χ2n) is 11.0. The molecule has 0 saturated heterocycles. The van der Waals surface area contributed by atoms with E-state index in [0.29, 0.717) is 4.90 Å². The van der Waals surface area contributed by atoms with Gasteiger partial charge in [-0.05, 0) is 40.4 Å². The summed E-state index contributed by atoms with van der Waals surface area (Å²) < 4.78 is 31.7. The van der Waals surface area contributed by atoms with Crippen molar-refractivity contribution in [2.24, 2.45) is 0 Å². The van der Waals surface area contributed by atoms with Crippen molar-refractivity contribution in [3.8, 4) is 0 Å². The van der Waals surface area contributed by atoms with Crippen molar-refractivity contribution in [2.45, 2.75) is 82.1 Å². The molecule has 5 heteroatoms. The average Bonchev–Trinajstić information content (AvgIpc) is 2.90. The van der Waals surface area contributed by atoms with E-state index in [2.05, 4.69) is 81.4 Å². The van der Waals surface area contributed by atoms with Crippen LogP contribution in [-0.2, 0) is 14.3 Å².